The van der Waals surface area contributed by atoms with Gasteiger partial charge >= 0.3 is 0 Å². The molecule has 1 atom stereocenters. The van der Waals surface area contributed by atoms with Crippen LogP contribution in [-0.2, 0) is 0 Å². The summed E-state index contributed by atoms with van der Waals surface area (Å²) in [5.41, 5.74) is 4.42. The van der Waals surface area contributed by atoms with E-state index in [-0.39, 0.29) is 5.91 Å². The molecule has 1 aromatic carbocycles. The Balaban J connectivity index is 1.83. The Bertz CT molecular complexity index is 753. The van der Waals surface area contributed by atoms with Crippen molar-refractivity contribution in [3.8, 4) is 10.6 Å². The summed E-state index contributed by atoms with van der Waals surface area (Å²) in [4.78, 5) is 20.3. The molecule has 128 valence electrons. The van der Waals surface area contributed by atoms with E-state index in [1.54, 1.807) is 0 Å². The van der Waals surface area contributed by atoms with Crippen molar-refractivity contribution in [1.29, 1.82) is 0 Å². The molecule has 0 saturated carbocycles. The second-order valence-electron chi connectivity index (χ2n) is 6.72. The molecular weight excluding hydrogens is 318 g/mol. The van der Waals surface area contributed by atoms with E-state index in [9.17, 15) is 4.79 Å². The Morgan fingerprint density at radius 2 is 2.17 bits per heavy atom. The maximum atomic E-state index is 12.9. The zero-order valence-corrected chi connectivity index (χ0v) is 15.7. The van der Waals surface area contributed by atoms with Crippen LogP contribution >= 0.6 is 11.3 Å². The smallest absolute Gasteiger partial charge is 0.265 e. The van der Waals surface area contributed by atoms with Gasteiger partial charge in [-0.2, -0.15) is 0 Å². The minimum Gasteiger partial charge on any atom is -0.338 e. The largest absolute Gasteiger partial charge is 0.338 e. The summed E-state index contributed by atoms with van der Waals surface area (Å²) in [7, 11) is 1.97. The molecule has 1 amide bonds. The third-order valence-corrected chi connectivity index (χ3v) is 5.85. The molecule has 1 fully saturated rings. The van der Waals surface area contributed by atoms with E-state index in [1.165, 1.54) is 22.5 Å². The number of likely N-dealkylation sites (tertiary alicyclic amines) is 1. The zero-order chi connectivity index (χ0) is 17.3. The number of amides is 1. The predicted octanol–water partition coefficient (Wildman–Crippen LogP) is 3.42. The lowest BCUT2D eigenvalue weighted by atomic mass is 10.1. The average molecular weight is 343 g/mol. The van der Waals surface area contributed by atoms with Crippen molar-refractivity contribution < 1.29 is 4.79 Å². The van der Waals surface area contributed by atoms with Crippen LogP contribution in [0, 0.1) is 26.7 Å². The van der Waals surface area contributed by atoms with Gasteiger partial charge in [-0.1, -0.05) is 23.8 Å². The van der Waals surface area contributed by atoms with Gasteiger partial charge in [0.1, 0.15) is 9.88 Å². The van der Waals surface area contributed by atoms with Crippen LogP contribution in [0.4, 0.5) is 0 Å². The lowest BCUT2D eigenvalue weighted by Crippen LogP contribution is -2.30. The third-order valence-electron chi connectivity index (χ3n) is 4.67. The van der Waals surface area contributed by atoms with Crippen LogP contribution in [0.3, 0.4) is 0 Å². The van der Waals surface area contributed by atoms with Crippen molar-refractivity contribution in [3.63, 3.8) is 0 Å². The van der Waals surface area contributed by atoms with Gasteiger partial charge in [0.2, 0.25) is 0 Å². The Kier molecular flexibility index (Phi) is 5.01. The fraction of sp³-hybridized carbons (Fsp3) is 0.474. The number of benzene rings is 1. The van der Waals surface area contributed by atoms with E-state index in [1.807, 2.05) is 18.9 Å². The van der Waals surface area contributed by atoms with Gasteiger partial charge in [0.25, 0.3) is 5.91 Å². The molecule has 0 spiro atoms. The number of hydrogen-bond donors (Lipinski definition) is 1. The second kappa shape index (κ2) is 7.03. The Hall–Kier alpha value is -1.72. The van der Waals surface area contributed by atoms with Gasteiger partial charge in [0.15, 0.2) is 0 Å². The number of nitrogens with zero attached hydrogens (tertiary/aromatic N) is 2. The van der Waals surface area contributed by atoms with Gasteiger partial charge in [-0.05, 0) is 52.3 Å². The molecule has 2 heterocycles. The highest BCUT2D eigenvalue weighted by Gasteiger charge is 2.29. The summed E-state index contributed by atoms with van der Waals surface area (Å²) < 4.78 is 0. The highest BCUT2D eigenvalue weighted by atomic mass is 32.1. The molecule has 1 N–H and O–H groups in total. The summed E-state index contributed by atoms with van der Waals surface area (Å²) in [6.07, 6.45) is 1.08. The van der Waals surface area contributed by atoms with Gasteiger partial charge in [-0.15, -0.1) is 11.3 Å². The molecule has 1 saturated heterocycles. The van der Waals surface area contributed by atoms with Crippen LogP contribution in [0.1, 0.15) is 32.9 Å². The standard InChI is InChI=1S/C19H25N3OS/c1-12-5-6-16(13(2)9-12)18-21-14(3)17(24-18)19(23)22-8-7-15(11-22)10-20-4/h5-6,9,15,20H,7-8,10-11H2,1-4H3/t15-/m1/s1. The fourth-order valence-electron chi connectivity index (χ4n) is 3.38. The van der Waals surface area contributed by atoms with Gasteiger partial charge in [-0.3, -0.25) is 4.79 Å². The molecular formula is C19H25N3OS. The Morgan fingerprint density at radius 1 is 1.38 bits per heavy atom. The maximum absolute atomic E-state index is 12.9. The highest BCUT2D eigenvalue weighted by molar-refractivity contribution is 7.17. The molecule has 0 unspecified atom stereocenters. The topological polar surface area (TPSA) is 45.2 Å². The number of carbonyl (C=O) groups is 1. The first-order valence-electron chi connectivity index (χ1n) is 8.48. The normalized spacial score (nSPS) is 17.5. The number of carbonyl (C=O) groups excluding carboxylic acids is 1. The summed E-state index contributed by atoms with van der Waals surface area (Å²) in [5.74, 6) is 0.700. The number of nitrogens with one attached hydrogen (secondary N) is 1. The highest BCUT2D eigenvalue weighted by Crippen LogP contribution is 2.32. The van der Waals surface area contributed by atoms with E-state index in [0.29, 0.717) is 5.92 Å². The maximum Gasteiger partial charge on any atom is 0.265 e. The average Bonchev–Trinajstić information content (AvgIpc) is 3.14. The van der Waals surface area contributed by atoms with Gasteiger partial charge in [-0.25, -0.2) is 4.98 Å². The van der Waals surface area contributed by atoms with E-state index in [4.69, 9.17) is 0 Å². The summed E-state index contributed by atoms with van der Waals surface area (Å²) in [5, 5.41) is 4.15. The van der Waals surface area contributed by atoms with Crippen molar-refractivity contribution in [2.75, 3.05) is 26.7 Å². The molecule has 0 bridgehead atoms. The number of aryl methyl sites for hydroxylation is 3. The van der Waals surface area contributed by atoms with Crippen molar-refractivity contribution in [3.05, 3.63) is 39.9 Å². The molecule has 1 aliphatic heterocycles. The van der Waals surface area contributed by atoms with Crippen molar-refractivity contribution in [2.45, 2.75) is 27.2 Å². The van der Waals surface area contributed by atoms with Crippen LogP contribution in [0.2, 0.25) is 0 Å². The molecule has 5 heteroatoms. The first kappa shape index (κ1) is 17.1. The van der Waals surface area contributed by atoms with Crippen LogP contribution in [-0.4, -0.2) is 42.5 Å². The first-order valence-corrected chi connectivity index (χ1v) is 9.30. The molecule has 1 aromatic heterocycles. The molecule has 3 rings (SSSR count). The van der Waals surface area contributed by atoms with Crippen molar-refractivity contribution in [2.24, 2.45) is 5.92 Å². The first-order chi connectivity index (χ1) is 11.5. The Morgan fingerprint density at radius 3 is 2.88 bits per heavy atom. The van der Waals surface area contributed by atoms with Crippen LogP contribution in [0.15, 0.2) is 18.2 Å². The van der Waals surface area contributed by atoms with E-state index < -0.39 is 0 Å². The quantitative estimate of drug-likeness (QED) is 0.925. The Labute approximate surface area is 147 Å². The van der Waals surface area contributed by atoms with E-state index in [2.05, 4.69) is 42.3 Å². The lowest BCUT2D eigenvalue weighted by Gasteiger charge is -2.15. The van der Waals surface area contributed by atoms with Gasteiger partial charge in [0, 0.05) is 18.7 Å². The number of rotatable bonds is 4. The van der Waals surface area contributed by atoms with E-state index >= 15 is 0 Å². The number of aromatic nitrogens is 1. The van der Waals surface area contributed by atoms with Crippen molar-refractivity contribution >= 4 is 17.2 Å². The summed E-state index contributed by atoms with van der Waals surface area (Å²) >= 11 is 1.52. The van der Waals surface area contributed by atoms with Gasteiger partial charge in [0.05, 0.1) is 5.69 Å². The molecule has 24 heavy (non-hydrogen) atoms. The fourth-order valence-corrected chi connectivity index (χ4v) is 4.50. The third kappa shape index (κ3) is 3.37. The van der Waals surface area contributed by atoms with Crippen LogP contribution in [0.25, 0.3) is 10.6 Å². The molecule has 4 nitrogen and oxygen atoms in total. The zero-order valence-electron chi connectivity index (χ0n) is 14.8. The summed E-state index contributed by atoms with van der Waals surface area (Å²) in [6, 6.07) is 6.37. The van der Waals surface area contributed by atoms with Gasteiger partial charge < -0.3 is 10.2 Å². The molecule has 1 aliphatic rings. The monoisotopic (exact) mass is 343 g/mol. The predicted molar refractivity (Wildman–Crippen MR) is 99.7 cm³/mol. The van der Waals surface area contributed by atoms with Crippen LogP contribution < -0.4 is 5.32 Å². The number of hydrogen-bond acceptors (Lipinski definition) is 4. The SMILES string of the molecule is CNC[C@H]1CCN(C(=O)c2sc(-c3ccc(C)cc3C)nc2C)C1. The molecule has 0 aliphatic carbocycles. The molecule has 0 radical (unpaired) electrons. The lowest BCUT2D eigenvalue weighted by molar-refractivity contribution is 0.0791. The number of thiazole rings is 1. The second-order valence-corrected chi connectivity index (χ2v) is 7.71. The summed E-state index contributed by atoms with van der Waals surface area (Å²) in [6.45, 7) is 8.80. The van der Waals surface area contributed by atoms with Crippen molar-refractivity contribution in [1.82, 2.24) is 15.2 Å². The molecule has 2 aromatic rings. The van der Waals surface area contributed by atoms with Crippen LogP contribution in [0.5, 0.6) is 0 Å². The minimum atomic E-state index is 0.139. The minimum absolute atomic E-state index is 0.139. The van der Waals surface area contributed by atoms with E-state index in [0.717, 1.165) is 47.2 Å².